The zero-order valence-electron chi connectivity index (χ0n) is 10.5. The lowest BCUT2D eigenvalue weighted by molar-refractivity contribution is -0.122. The number of allylic oxidation sites excluding steroid dienone is 1. The molecule has 1 aromatic rings. The van der Waals surface area contributed by atoms with Crippen LogP contribution in [0.15, 0.2) is 18.5 Å². The largest absolute Gasteiger partial charge is 0.330 e. The Balaban J connectivity index is 2.21. The lowest BCUT2D eigenvalue weighted by Crippen LogP contribution is -2.33. The Morgan fingerprint density at radius 1 is 1.53 bits per heavy atom. The molecule has 2 heterocycles. The summed E-state index contributed by atoms with van der Waals surface area (Å²) in [5, 5.41) is 10.9. The van der Waals surface area contributed by atoms with Crippen molar-refractivity contribution in [2.45, 2.75) is 45.1 Å². The van der Waals surface area contributed by atoms with Gasteiger partial charge in [0, 0.05) is 11.9 Å². The molecule has 1 saturated heterocycles. The van der Waals surface area contributed by atoms with Crippen molar-refractivity contribution in [3.05, 3.63) is 24.2 Å². The van der Waals surface area contributed by atoms with Gasteiger partial charge in [0.1, 0.15) is 0 Å². The molecule has 1 amide bonds. The summed E-state index contributed by atoms with van der Waals surface area (Å²) in [6.07, 6.45) is 3.42. The lowest BCUT2D eigenvalue weighted by Gasteiger charge is -2.22. The molecule has 1 fully saturated rings. The van der Waals surface area contributed by atoms with Crippen LogP contribution in [0, 0.1) is 0 Å². The number of amides is 1. The number of piperidine rings is 1. The van der Waals surface area contributed by atoms with E-state index in [-0.39, 0.29) is 17.4 Å². The highest BCUT2D eigenvalue weighted by molar-refractivity contribution is 5.85. The molecule has 1 aromatic heterocycles. The Bertz CT molecular complexity index is 455. The minimum Gasteiger partial charge on any atom is -0.330 e. The Morgan fingerprint density at radius 3 is 2.76 bits per heavy atom. The van der Waals surface area contributed by atoms with Crippen molar-refractivity contribution in [3.63, 3.8) is 0 Å². The van der Waals surface area contributed by atoms with Gasteiger partial charge in [0.2, 0.25) is 5.91 Å². The second-order valence-corrected chi connectivity index (χ2v) is 5.44. The van der Waals surface area contributed by atoms with Crippen molar-refractivity contribution in [1.29, 1.82) is 0 Å². The van der Waals surface area contributed by atoms with Gasteiger partial charge in [0.15, 0.2) is 0 Å². The molecular formula is C12H18N4O. The average Bonchev–Trinajstić information content (AvgIpc) is 2.65. The van der Waals surface area contributed by atoms with Gasteiger partial charge < -0.3 is 5.32 Å². The molecule has 2 rings (SSSR count). The van der Waals surface area contributed by atoms with E-state index in [1.165, 1.54) is 0 Å². The van der Waals surface area contributed by atoms with E-state index in [2.05, 4.69) is 22.2 Å². The van der Waals surface area contributed by atoms with Gasteiger partial charge in [-0.25, -0.2) is 4.68 Å². The SMILES string of the molecule is C=C1CCC(c2cn(C(C)(C)C)nn2)C(=O)N1. The molecule has 0 radical (unpaired) electrons. The first kappa shape index (κ1) is 11.8. The van der Waals surface area contributed by atoms with Crippen LogP contribution in [0.4, 0.5) is 0 Å². The second-order valence-electron chi connectivity index (χ2n) is 5.44. The molecule has 0 aliphatic carbocycles. The van der Waals surface area contributed by atoms with Crippen LogP contribution in [0.1, 0.15) is 45.2 Å². The fraction of sp³-hybridized carbons (Fsp3) is 0.583. The lowest BCUT2D eigenvalue weighted by atomic mass is 9.94. The molecule has 1 unspecified atom stereocenters. The maximum Gasteiger partial charge on any atom is 0.233 e. The summed E-state index contributed by atoms with van der Waals surface area (Å²) in [7, 11) is 0. The number of rotatable bonds is 1. The number of nitrogens with zero attached hydrogens (tertiary/aromatic N) is 3. The molecule has 17 heavy (non-hydrogen) atoms. The minimum absolute atomic E-state index is 0.0257. The van der Waals surface area contributed by atoms with Crippen molar-refractivity contribution in [2.75, 3.05) is 0 Å². The van der Waals surface area contributed by atoms with Crippen LogP contribution in [-0.4, -0.2) is 20.9 Å². The smallest absolute Gasteiger partial charge is 0.233 e. The van der Waals surface area contributed by atoms with Crippen molar-refractivity contribution in [2.24, 2.45) is 0 Å². The molecule has 5 heteroatoms. The minimum atomic E-state index is -0.198. The quantitative estimate of drug-likeness (QED) is 0.801. The van der Waals surface area contributed by atoms with Gasteiger partial charge in [-0.2, -0.15) is 0 Å². The van der Waals surface area contributed by atoms with Crippen LogP contribution >= 0.6 is 0 Å². The topological polar surface area (TPSA) is 59.8 Å². The van der Waals surface area contributed by atoms with E-state index in [0.29, 0.717) is 0 Å². The fourth-order valence-corrected chi connectivity index (χ4v) is 1.82. The van der Waals surface area contributed by atoms with Gasteiger partial charge >= 0.3 is 0 Å². The highest BCUT2D eigenvalue weighted by atomic mass is 16.2. The number of hydrogen-bond acceptors (Lipinski definition) is 3. The van der Waals surface area contributed by atoms with Gasteiger partial charge in [-0.05, 0) is 33.6 Å². The highest BCUT2D eigenvalue weighted by Crippen LogP contribution is 2.26. The third-order valence-corrected chi connectivity index (χ3v) is 2.91. The molecule has 0 bridgehead atoms. The summed E-state index contributed by atoms with van der Waals surface area (Å²) in [5.74, 6) is -0.223. The molecule has 0 saturated carbocycles. The van der Waals surface area contributed by atoms with Crippen molar-refractivity contribution in [3.8, 4) is 0 Å². The Labute approximate surface area is 101 Å². The predicted octanol–water partition coefficient (Wildman–Crippen LogP) is 1.54. The van der Waals surface area contributed by atoms with Crippen LogP contribution in [0.25, 0.3) is 0 Å². The molecule has 1 N–H and O–H groups in total. The number of hydrogen-bond donors (Lipinski definition) is 1. The summed E-state index contributed by atoms with van der Waals surface area (Å²) in [6, 6.07) is 0. The zero-order valence-corrected chi connectivity index (χ0v) is 10.5. The Hall–Kier alpha value is -1.65. The van der Waals surface area contributed by atoms with E-state index in [4.69, 9.17) is 0 Å². The van der Waals surface area contributed by atoms with Crippen molar-refractivity contribution < 1.29 is 4.79 Å². The first-order valence-electron chi connectivity index (χ1n) is 5.79. The third-order valence-electron chi connectivity index (χ3n) is 2.91. The summed E-state index contributed by atoms with van der Waals surface area (Å²) in [6.45, 7) is 9.91. The number of aromatic nitrogens is 3. The van der Waals surface area contributed by atoms with E-state index in [1.807, 2.05) is 27.0 Å². The molecular weight excluding hydrogens is 216 g/mol. The van der Waals surface area contributed by atoms with E-state index in [1.54, 1.807) is 4.68 Å². The van der Waals surface area contributed by atoms with E-state index >= 15 is 0 Å². The fourth-order valence-electron chi connectivity index (χ4n) is 1.82. The molecule has 1 atom stereocenters. The van der Waals surface area contributed by atoms with Crippen LogP contribution in [-0.2, 0) is 10.3 Å². The maximum absolute atomic E-state index is 11.8. The summed E-state index contributed by atoms with van der Waals surface area (Å²) in [5.41, 5.74) is 1.42. The first-order chi connectivity index (χ1) is 7.88. The molecule has 5 nitrogen and oxygen atoms in total. The third kappa shape index (κ3) is 2.38. The zero-order chi connectivity index (χ0) is 12.6. The standard InChI is InChI=1S/C12H18N4O/c1-8-5-6-9(11(17)13-8)10-7-16(15-14-10)12(2,3)4/h7,9H,1,5-6H2,2-4H3,(H,13,17). The normalized spacial score (nSPS) is 21.5. The molecule has 1 aliphatic heterocycles. The number of nitrogens with one attached hydrogen (secondary N) is 1. The molecule has 0 spiro atoms. The number of carbonyl (C=O) groups excluding carboxylic acids is 1. The predicted molar refractivity (Wildman–Crippen MR) is 64.3 cm³/mol. The number of carbonyl (C=O) groups is 1. The van der Waals surface area contributed by atoms with Crippen LogP contribution in [0.5, 0.6) is 0 Å². The van der Waals surface area contributed by atoms with Gasteiger partial charge in [-0.1, -0.05) is 11.8 Å². The van der Waals surface area contributed by atoms with Crippen LogP contribution in [0.2, 0.25) is 0 Å². The average molecular weight is 234 g/mol. The molecule has 92 valence electrons. The van der Waals surface area contributed by atoms with Gasteiger partial charge in [0.25, 0.3) is 0 Å². The summed E-state index contributed by atoms with van der Waals surface area (Å²) in [4.78, 5) is 11.8. The first-order valence-corrected chi connectivity index (χ1v) is 5.79. The highest BCUT2D eigenvalue weighted by Gasteiger charge is 2.29. The van der Waals surface area contributed by atoms with Crippen molar-refractivity contribution >= 4 is 5.91 Å². The second kappa shape index (κ2) is 3.98. The van der Waals surface area contributed by atoms with Gasteiger partial charge in [-0.3, -0.25) is 4.79 Å². The van der Waals surface area contributed by atoms with E-state index in [0.717, 1.165) is 24.2 Å². The monoisotopic (exact) mass is 234 g/mol. The Morgan fingerprint density at radius 2 is 2.24 bits per heavy atom. The van der Waals surface area contributed by atoms with Crippen molar-refractivity contribution in [1.82, 2.24) is 20.3 Å². The van der Waals surface area contributed by atoms with Gasteiger partial charge in [0.05, 0.1) is 17.2 Å². The van der Waals surface area contributed by atoms with Crippen LogP contribution < -0.4 is 5.32 Å². The van der Waals surface area contributed by atoms with Gasteiger partial charge in [-0.15, -0.1) is 5.10 Å². The molecule has 0 aromatic carbocycles. The Kier molecular flexibility index (Phi) is 2.77. The maximum atomic E-state index is 11.8. The molecule has 1 aliphatic rings. The van der Waals surface area contributed by atoms with E-state index < -0.39 is 0 Å². The van der Waals surface area contributed by atoms with Crippen LogP contribution in [0.3, 0.4) is 0 Å². The summed E-state index contributed by atoms with van der Waals surface area (Å²) >= 11 is 0. The van der Waals surface area contributed by atoms with E-state index in [9.17, 15) is 4.79 Å². The summed E-state index contributed by atoms with van der Waals surface area (Å²) < 4.78 is 1.79.